The maximum atomic E-state index is 6.16. The first-order valence-corrected chi connectivity index (χ1v) is 9.26. The summed E-state index contributed by atoms with van der Waals surface area (Å²) in [5, 5.41) is 1.22. The molecule has 0 radical (unpaired) electrons. The molecule has 0 spiro atoms. The van der Waals surface area contributed by atoms with Gasteiger partial charge in [-0.25, -0.2) is 4.98 Å². The summed E-state index contributed by atoms with van der Waals surface area (Å²) < 4.78 is 4.57. The molecule has 0 saturated heterocycles. The molecule has 1 aromatic heterocycles. The van der Waals surface area contributed by atoms with Crippen molar-refractivity contribution in [2.75, 3.05) is 13.1 Å². The number of aromatic nitrogens is 2. The molecule has 19 heavy (non-hydrogen) atoms. The molecule has 1 heterocycles. The van der Waals surface area contributed by atoms with Gasteiger partial charge in [0.05, 0.1) is 6.33 Å². The molecular weight excluding hydrogens is 273 g/mol. The Balaban J connectivity index is 2.64. The van der Waals surface area contributed by atoms with Crippen LogP contribution in [0.5, 0.6) is 0 Å². The minimum atomic E-state index is -2.00. The lowest BCUT2D eigenvalue weighted by Crippen LogP contribution is -2.29. The number of hydrogen-bond donors (Lipinski definition) is 0. The molecule has 2 aromatic rings. The van der Waals surface area contributed by atoms with Crippen LogP contribution in [-0.4, -0.2) is 27.1 Å². The summed E-state index contributed by atoms with van der Waals surface area (Å²) in [4.78, 5) is 4.26. The third kappa shape index (κ3) is 2.53. The highest BCUT2D eigenvalue weighted by Crippen LogP contribution is 2.50. The standard InChI is InChI=1S/C14H20N3PS/c1-4-16(5-2)18(19,14-9-7-6-8-10-14)17-12-15-11-13(17)3/h6-12H,4-5H2,1-3H3. The first kappa shape index (κ1) is 14.4. The third-order valence-corrected chi connectivity index (χ3v) is 8.46. The average Bonchev–Trinajstić information content (AvgIpc) is 2.87. The predicted molar refractivity (Wildman–Crippen MR) is 85.6 cm³/mol. The topological polar surface area (TPSA) is 21.1 Å². The minimum absolute atomic E-state index is 0.945. The Morgan fingerprint density at radius 1 is 1.21 bits per heavy atom. The highest BCUT2D eigenvalue weighted by molar-refractivity contribution is 8.16. The lowest BCUT2D eigenvalue weighted by molar-refractivity contribution is 0.503. The van der Waals surface area contributed by atoms with Crippen molar-refractivity contribution in [2.45, 2.75) is 20.8 Å². The SMILES string of the molecule is CCN(CC)P(=S)(c1ccccc1)n1cncc1C. The van der Waals surface area contributed by atoms with Crippen molar-refractivity contribution < 1.29 is 0 Å². The molecular formula is C14H20N3PS. The van der Waals surface area contributed by atoms with Crippen LogP contribution >= 0.6 is 6.34 Å². The Morgan fingerprint density at radius 2 is 1.84 bits per heavy atom. The van der Waals surface area contributed by atoms with Gasteiger partial charge in [-0.3, -0.25) is 9.01 Å². The van der Waals surface area contributed by atoms with E-state index in [0.29, 0.717) is 0 Å². The summed E-state index contributed by atoms with van der Waals surface area (Å²) in [7, 11) is 0. The van der Waals surface area contributed by atoms with E-state index in [4.69, 9.17) is 11.8 Å². The van der Waals surface area contributed by atoms with E-state index >= 15 is 0 Å². The van der Waals surface area contributed by atoms with Crippen molar-refractivity contribution >= 4 is 23.5 Å². The molecule has 0 amide bonds. The van der Waals surface area contributed by atoms with E-state index < -0.39 is 6.34 Å². The normalized spacial score (nSPS) is 14.5. The molecule has 0 aliphatic heterocycles. The van der Waals surface area contributed by atoms with Gasteiger partial charge in [-0.1, -0.05) is 56.0 Å². The van der Waals surface area contributed by atoms with Crippen LogP contribution in [-0.2, 0) is 11.8 Å². The van der Waals surface area contributed by atoms with Crippen LogP contribution in [0.1, 0.15) is 19.5 Å². The first-order valence-electron chi connectivity index (χ1n) is 6.55. The summed E-state index contributed by atoms with van der Waals surface area (Å²) in [6, 6.07) is 10.4. The van der Waals surface area contributed by atoms with E-state index in [0.717, 1.165) is 18.8 Å². The summed E-state index contributed by atoms with van der Waals surface area (Å²) in [6.07, 6.45) is 1.76. The molecule has 0 aliphatic rings. The van der Waals surface area contributed by atoms with Crippen LogP contribution in [0.25, 0.3) is 0 Å². The quantitative estimate of drug-likeness (QED) is 0.791. The second-order valence-electron chi connectivity index (χ2n) is 4.40. The fourth-order valence-electron chi connectivity index (χ4n) is 2.29. The minimum Gasteiger partial charge on any atom is -0.290 e. The van der Waals surface area contributed by atoms with E-state index in [-0.39, 0.29) is 0 Å². The Kier molecular flexibility index (Phi) is 4.56. The number of nitrogens with zero attached hydrogens (tertiary/aromatic N) is 3. The molecule has 0 saturated carbocycles. The van der Waals surface area contributed by atoms with Crippen molar-refractivity contribution in [2.24, 2.45) is 0 Å². The van der Waals surface area contributed by atoms with Crippen LogP contribution in [0.3, 0.4) is 0 Å². The van der Waals surface area contributed by atoms with Crippen LogP contribution in [0, 0.1) is 6.92 Å². The van der Waals surface area contributed by atoms with Gasteiger partial charge in [0.1, 0.15) is 6.34 Å². The summed E-state index contributed by atoms with van der Waals surface area (Å²) in [5.74, 6) is 0. The Labute approximate surface area is 120 Å². The number of rotatable bonds is 5. The largest absolute Gasteiger partial charge is 0.290 e. The van der Waals surface area contributed by atoms with Gasteiger partial charge in [0, 0.05) is 30.3 Å². The van der Waals surface area contributed by atoms with Gasteiger partial charge >= 0.3 is 0 Å². The van der Waals surface area contributed by atoms with Crippen LogP contribution in [0.2, 0.25) is 0 Å². The van der Waals surface area contributed by atoms with E-state index in [2.05, 4.69) is 59.0 Å². The van der Waals surface area contributed by atoms with Crippen LogP contribution in [0.15, 0.2) is 42.9 Å². The molecule has 1 aromatic carbocycles. The van der Waals surface area contributed by atoms with Crippen molar-refractivity contribution in [1.82, 2.24) is 14.0 Å². The highest BCUT2D eigenvalue weighted by atomic mass is 32.4. The third-order valence-electron chi connectivity index (χ3n) is 3.30. The smallest absolute Gasteiger partial charge is 0.135 e. The maximum absolute atomic E-state index is 6.16. The molecule has 5 heteroatoms. The maximum Gasteiger partial charge on any atom is 0.135 e. The molecule has 2 rings (SSSR count). The monoisotopic (exact) mass is 293 g/mol. The molecule has 3 nitrogen and oxygen atoms in total. The molecule has 102 valence electrons. The first-order chi connectivity index (χ1) is 9.14. The number of benzene rings is 1. The van der Waals surface area contributed by atoms with Crippen LogP contribution in [0.4, 0.5) is 0 Å². The van der Waals surface area contributed by atoms with Crippen molar-refractivity contribution in [3.8, 4) is 0 Å². The van der Waals surface area contributed by atoms with Crippen LogP contribution < -0.4 is 5.30 Å². The van der Waals surface area contributed by atoms with Crippen molar-refractivity contribution in [3.63, 3.8) is 0 Å². The zero-order valence-electron chi connectivity index (χ0n) is 11.7. The van der Waals surface area contributed by atoms with Crippen molar-refractivity contribution in [3.05, 3.63) is 48.5 Å². The van der Waals surface area contributed by atoms with E-state index in [1.807, 2.05) is 18.6 Å². The Morgan fingerprint density at radius 3 is 2.32 bits per heavy atom. The summed E-state index contributed by atoms with van der Waals surface area (Å²) in [5.41, 5.74) is 1.12. The fourth-order valence-corrected chi connectivity index (χ4v) is 6.72. The second-order valence-corrected chi connectivity index (χ2v) is 8.53. The van der Waals surface area contributed by atoms with E-state index in [1.54, 1.807) is 0 Å². The van der Waals surface area contributed by atoms with Gasteiger partial charge in [0.2, 0.25) is 0 Å². The fraction of sp³-hybridized carbons (Fsp3) is 0.357. The lowest BCUT2D eigenvalue weighted by Gasteiger charge is -2.35. The molecule has 0 aliphatic carbocycles. The van der Waals surface area contributed by atoms with Gasteiger partial charge in [-0.2, -0.15) is 0 Å². The Hall–Kier alpha value is -0.960. The highest BCUT2D eigenvalue weighted by Gasteiger charge is 2.28. The van der Waals surface area contributed by atoms with Gasteiger partial charge in [0.25, 0.3) is 0 Å². The van der Waals surface area contributed by atoms with Gasteiger partial charge in [-0.15, -0.1) is 0 Å². The zero-order chi connectivity index (χ0) is 13.9. The number of aryl methyl sites for hydroxylation is 1. The van der Waals surface area contributed by atoms with E-state index in [9.17, 15) is 0 Å². The predicted octanol–water partition coefficient (Wildman–Crippen LogP) is 3.02. The number of imidazole rings is 1. The molecule has 1 unspecified atom stereocenters. The van der Waals surface area contributed by atoms with E-state index in [1.165, 1.54) is 5.30 Å². The molecule has 0 N–H and O–H groups in total. The average molecular weight is 293 g/mol. The Bertz CT molecular complexity index is 575. The molecule has 0 bridgehead atoms. The number of hydrogen-bond acceptors (Lipinski definition) is 2. The van der Waals surface area contributed by atoms with Crippen molar-refractivity contribution in [1.29, 1.82) is 0 Å². The molecule has 1 atom stereocenters. The zero-order valence-corrected chi connectivity index (χ0v) is 13.4. The second kappa shape index (κ2) is 6.00. The summed E-state index contributed by atoms with van der Waals surface area (Å²) in [6.45, 7) is 8.29. The van der Waals surface area contributed by atoms with Gasteiger partial charge in [0.15, 0.2) is 0 Å². The molecule has 0 fully saturated rings. The summed E-state index contributed by atoms with van der Waals surface area (Å²) >= 11 is 6.16. The van der Waals surface area contributed by atoms with Gasteiger partial charge in [-0.05, 0) is 6.92 Å². The lowest BCUT2D eigenvalue weighted by atomic mass is 10.4. The van der Waals surface area contributed by atoms with Gasteiger partial charge < -0.3 is 0 Å².